The third kappa shape index (κ3) is 3.59. The molecule has 0 aliphatic heterocycles. The maximum Gasteiger partial charge on any atom is 0.238 e. The lowest BCUT2D eigenvalue weighted by Gasteiger charge is -2.25. The maximum absolute atomic E-state index is 11.4. The molecule has 0 aliphatic carbocycles. The number of hydrogen-bond donors (Lipinski definition) is 0. The van der Waals surface area contributed by atoms with Crippen molar-refractivity contribution in [2.45, 2.75) is 12.5 Å². The van der Waals surface area contributed by atoms with Crippen LogP contribution in [0.25, 0.3) is 0 Å². The van der Waals surface area contributed by atoms with Gasteiger partial charge in [-0.05, 0) is 31.2 Å². The summed E-state index contributed by atoms with van der Waals surface area (Å²) in [7, 11) is 0. The van der Waals surface area contributed by atoms with Crippen LogP contribution in [0.5, 0.6) is 11.5 Å². The first-order valence-corrected chi connectivity index (χ1v) is 6.37. The van der Waals surface area contributed by atoms with Crippen LogP contribution in [-0.4, -0.2) is 17.8 Å². The second-order valence-electron chi connectivity index (χ2n) is 4.49. The van der Waals surface area contributed by atoms with E-state index in [1.54, 1.807) is 54.5 Å². The third-order valence-corrected chi connectivity index (χ3v) is 2.80. The molecular formula is C17H14O4. The zero-order valence-corrected chi connectivity index (χ0v) is 11.5. The number of aldehydes is 1. The van der Waals surface area contributed by atoms with Crippen molar-refractivity contribution in [2.75, 3.05) is 0 Å². The van der Waals surface area contributed by atoms with Gasteiger partial charge in [-0.15, -0.1) is 0 Å². The molecule has 1 unspecified atom stereocenters. The molecule has 2 rings (SSSR count). The third-order valence-electron chi connectivity index (χ3n) is 2.80. The fraction of sp³-hybridized carbons (Fsp3) is 0.118. The minimum atomic E-state index is -1.54. The molecule has 0 radical (unpaired) electrons. The summed E-state index contributed by atoms with van der Waals surface area (Å²) in [4.78, 5) is 22.6. The Kier molecular flexibility index (Phi) is 4.54. The zero-order valence-electron chi connectivity index (χ0n) is 11.5. The first-order valence-electron chi connectivity index (χ1n) is 6.37. The van der Waals surface area contributed by atoms with Crippen LogP contribution in [0.4, 0.5) is 0 Å². The number of rotatable bonds is 6. The van der Waals surface area contributed by atoms with E-state index in [9.17, 15) is 9.59 Å². The van der Waals surface area contributed by atoms with Crippen LogP contribution in [0.3, 0.4) is 0 Å². The molecule has 21 heavy (non-hydrogen) atoms. The average molecular weight is 282 g/mol. The highest BCUT2D eigenvalue weighted by Crippen LogP contribution is 2.24. The molecule has 0 bridgehead atoms. The Morgan fingerprint density at radius 2 is 1.52 bits per heavy atom. The molecule has 4 nitrogen and oxygen atoms in total. The molecule has 106 valence electrons. The Labute approximate surface area is 122 Å². The summed E-state index contributed by atoms with van der Waals surface area (Å²) >= 11 is 0. The van der Waals surface area contributed by atoms with Crippen molar-refractivity contribution in [3.05, 3.63) is 66.4 Å². The van der Waals surface area contributed by atoms with Gasteiger partial charge in [0, 0.05) is 0 Å². The molecular weight excluding hydrogens is 268 g/mol. The van der Waals surface area contributed by atoms with Gasteiger partial charge in [-0.1, -0.05) is 36.4 Å². The van der Waals surface area contributed by atoms with Crippen molar-refractivity contribution in [2.24, 2.45) is 0 Å². The Morgan fingerprint density at radius 3 is 2.00 bits per heavy atom. The molecule has 0 saturated heterocycles. The summed E-state index contributed by atoms with van der Waals surface area (Å²) in [6, 6.07) is 17.4. The Hall–Kier alpha value is -2.84. The van der Waals surface area contributed by atoms with Gasteiger partial charge in [0.15, 0.2) is 12.2 Å². The highest BCUT2D eigenvalue weighted by Gasteiger charge is 2.35. The molecule has 0 N–H and O–H groups in total. The predicted octanol–water partition coefficient (Wildman–Crippen LogP) is 2.82. The van der Waals surface area contributed by atoms with Crippen LogP contribution < -0.4 is 9.47 Å². The number of carbonyl (C=O) groups excluding carboxylic acids is 2. The average Bonchev–Trinajstić information content (AvgIpc) is 2.54. The normalized spacial score (nSPS) is 12.6. The second kappa shape index (κ2) is 6.55. The van der Waals surface area contributed by atoms with Crippen LogP contribution in [0.1, 0.15) is 6.92 Å². The fourth-order valence-corrected chi connectivity index (χ4v) is 1.69. The van der Waals surface area contributed by atoms with E-state index in [2.05, 4.69) is 0 Å². The van der Waals surface area contributed by atoms with Crippen LogP contribution in [-0.2, 0) is 9.59 Å². The predicted molar refractivity (Wildman–Crippen MR) is 77.8 cm³/mol. The number of benzene rings is 2. The number of hydrogen-bond acceptors (Lipinski definition) is 4. The summed E-state index contributed by atoms with van der Waals surface area (Å²) in [5.74, 6) is 2.31. The summed E-state index contributed by atoms with van der Waals surface area (Å²) in [5, 5.41) is 0. The van der Waals surface area contributed by atoms with Crippen LogP contribution >= 0.6 is 0 Å². The fourth-order valence-electron chi connectivity index (χ4n) is 1.69. The highest BCUT2D eigenvalue weighted by atomic mass is 16.6. The van der Waals surface area contributed by atoms with Gasteiger partial charge in [0.25, 0.3) is 0 Å². The van der Waals surface area contributed by atoms with E-state index in [1.165, 1.54) is 6.92 Å². The minimum Gasteiger partial charge on any atom is -0.471 e. The van der Waals surface area contributed by atoms with E-state index < -0.39 is 5.60 Å². The lowest BCUT2D eigenvalue weighted by Crippen LogP contribution is -2.39. The number of ether oxygens (including phenoxy) is 2. The molecule has 4 heteroatoms. The Balaban J connectivity index is 2.25. The lowest BCUT2D eigenvalue weighted by atomic mass is 10.1. The van der Waals surface area contributed by atoms with E-state index >= 15 is 0 Å². The Morgan fingerprint density at radius 1 is 1.00 bits per heavy atom. The molecule has 0 saturated carbocycles. The highest BCUT2D eigenvalue weighted by molar-refractivity contribution is 5.74. The summed E-state index contributed by atoms with van der Waals surface area (Å²) in [5.41, 5.74) is -1.54. The molecule has 0 amide bonds. The largest absolute Gasteiger partial charge is 0.471 e. The van der Waals surface area contributed by atoms with E-state index in [-0.39, 0.29) is 5.76 Å². The lowest BCUT2D eigenvalue weighted by molar-refractivity contribution is -0.119. The van der Waals surface area contributed by atoms with Gasteiger partial charge in [0.1, 0.15) is 11.5 Å². The van der Waals surface area contributed by atoms with Crippen LogP contribution in [0.15, 0.2) is 66.4 Å². The van der Waals surface area contributed by atoms with Crippen LogP contribution in [0.2, 0.25) is 0 Å². The standard InChI is InChI=1S/C17H14O4/c1-17(13-19,21-15-10-6-3-7-11-15)16(12-18)20-14-8-4-2-5-9-14/h2-11,13H,1H3. The van der Waals surface area contributed by atoms with Gasteiger partial charge >= 0.3 is 0 Å². The maximum atomic E-state index is 11.4. The van der Waals surface area contributed by atoms with Gasteiger partial charge in [-0.3, -0.25) is 4.79 Å². The molecule has 2 aromatic rings. The molecule has 0 aromatic heterocycles. The molecule has 0 heterocycles. The van der Waals surface area contributed by atoms with Gasteiger partial charge < -0.3 is 9.47 Å². The zero-order chi connectivity index (χ0) is 15.1. The van der Waals surface area contributed by atoms with Crippen molar-refractivity contribution in [1.82, 2.24) is 0 Å². The number of carbonyl (C=O) groups is 1. The second-order valence-corrected chi connectivity index (χ2v) is 4.49. The van der Waals surface area contributed by atoms with E-state index in [0.29, 0.717) is 17.8 Å². The Bertz CT molecular complexity index is 645. The van der Waals surface area contributed by atoms with Crippen molar-refractivity contribution in [3.63, 3.8) is 0 Å². The molecule has 0 spiro atoms. The summed E-state index contributed by atoms with van der Waals surface area (Å²) in [6.07, 6.45) is 0.517. The molecule has 0 fully saturated rings. The summed E-state index contributed by atoms with van der Waals surface area (Å²) in [6.45, 7) is 1.45. The molecule has 2 aromatic carbocycles. The number of para-hydroxylation sites is 2. The quantitative estimate of drug-likeness (QED) is 0.464. The van der Waals surface area contributed by atoms with Crippen molar-refractivity contribution in [3.8, 4) is 11.5 Å². The van der Waals surface area contributed by atoms with Gasteiger partial charge in [0.2, 0.25) is 11.4 Å². The van der Waals surface area contributed by atoms with E-state index in [1.807, 2.05) is 12.1 Å². The van der Waals surface area contributed by atoms with E-state index in [4.69, 9.17) is 9.47 Å². The van der Waals surface area contributed by atoms with Crippen molar-refractivity contribution < 1.29 is 19.1 Å². The van der Waals surface area contributed by atoms with Crippen molar-refractivity contribution >= 4 is 12.2 Å². The topological polar surface area (TPSA) is 52.6 Å². The SMILES string of the molecule is CC(C=O)(Oc1ccccc1)C(=C=O)Oc1ccccc1. The van der Waals surface area contributed by atoms with Crippen LogP contribution in [0, 0.1) is 0 Å². The van der Waals surface area contributed by atoms with Gasteiger partial charge in [0.05, 0.1) is 0 Å². The summed E-state index contributed by atoms with van der Waals surface area (Å²) < 4.78 is 11.0. The smallest absolute Gasteiger partial charge is 0.238 e. The van der Waals surface area contributed by atoms with Gasteiger partial charge in [-0.25, -0.2) is 4.79 Å². The van der Waals surface area contributed by atoms with Crippen molar-refractivity contribution in [1.29, 1.82) is 0 Å². The monoisotopic (exact) mass is 282 g/mol. The first kappa shape index (κ1) is 14.6. The molecule has 1 atom stereocenters. The van der Waals surface area contributed by atoms with Gasteiger partial charge in [-0.2, -0.15) is 0 Å². The molecule has 0 aliphatic rings. The first-order chi connectivity index (χ1) is 10.2. The minimum absolute atomic E-state index is 0.229. The van der Waals surface area contributed by atoms with E-state index in [0.717, 1.165) is 0 Å².